The fourth-order valence-electron chi connectivity index (χ4n) is 3.07. The number of nitrogens with one attached hydrogen (secondary N) is 1. The lowest BCUT2D eigenvalue weighted by Gasteiger charge is -2.03. The van der Waals surface area contributed by atoms with Gasteiger partial charge in [-0.1, -0.05) is 18.2 Å². The minimum absolute atomic E-state index is 0.187. The van der Waals surface area contributed by atoms with Crippen LogP contribution in [0.2, 0.25) is 0 Å². The minimum Gasteiger partial charge on any atom is -0.454 e. The maximum atomic E-state index is 13.8. The molecule has 0 radical (unpaired) electrons. The number of carbonyl (C=O) groups excluding carboxylic acids is 1. The zero-order valence-electron chi connectivity index (χ0n) is 16.4. The number of rotatable bonds is 6. The molecule has 0 aliphatic heterocycles. The van der Waals surface area contributed by atoms with Gasteiger partial charge in [0, 0.05) is 11.8 Å². The van der Waals surface area contributed by atoms with Crippen molar-refractivity contribution in [2.75, 3.05) is 5.32 Å². The Hall–Kier alpha value is -3.20. The molecule has 0 aliphatic carbocycles. The normalized spacial score (nSPS) is 11.1. The van der Waals surface area contributed by atoms with Crippen molar-refractivity contribution < 1.29 is 13.6 Å². The molecule has 154 valence electrons. The highest BCUT2D eigenvalue weighted by atomic mass is 79.9. The van der Waals surface area contributed by atoms with Crippen LogP contribution in [0.1, 0.15) is 33.3 Å². The summed E-state index contributed by atoms with van der Waals surface area (Å²) in [4.78, 5) is 12.5. The molecule has 1 amide bonds. The van der Waals surface area contributed by atoms with Gasteiger partial charge >= 0.3 is 0 Å². The number of aryl methyl sites for hydroxylation is 1. The molecule has 1 aromatic carbocycles. The van der Waals surface area contributed by atoms with Crippen molar-refractivity contribution in [3.05, 3.63) is 87.6 Å². The number of amides is 1. The Morgan fingerprint density at radius 1 is 1.20 bits per heavy atom. The molecule has 4 rings (SSSR count). The van der Waals surface area contributed by atoms with Gasteiger partial charge in [0.25, 0.3) is 5.91 Å². The van der Waals surface area contributed by atoms with Gasteiger partial charge in [0.2, 0.25) is 0 Å². The van der Waals surface area contributed by atoms with Gasteiger partial charge in [-0.15, -0.1) is 0 Å². The lowest BCUT2D eigenvalue weighted by Crippen LogP contribution is -2.10. The highest BCUT2D eigenvalue weighted by Gasteiger charge is 2.15. The summed E-state index contributed by atoms with van der Waals surface area (Å²) in [6.45, 7) is 4.57. The Labute approximate surface area is 180 Å². The molecule has 0 bridgehead atoms. The molecular formula is C21H19BrFN5O2. The van der Waals surface area contributed by atoms with E-state index in [0.29, 0.717) is 23.6 Å². The molecule has 3 heterocycles. The van der Waals surface area contributed by atoms with Crippen LogP contribution in [-0.4, -0.2) is 25.5 Å². The van der Waals surface area contributed by atoms with Gasteiger partial charge < -0.3 is 9.73 Å². The summed E-state index contributed by atoms with van der Waals surface area (Å²) in [5.41, 5.74) is 2.89. The standard InChI is InChI=1S/C21H19BrFN5O2/c1-13-20(22)14(2)28(26-13)12-17-7-8-19(30-17)21(29)25-16-9-24-27(11-16)10-15-5-3-4-6-18(15)23/h3-9,11H,10,12H2,1-2H3,(H,25,29). The summed E-state index contributed by atoms with van der Waals surface area (Å²) in [6.07, 6.45) is 3.15. The molecule has 0 spiro atoms. The van der Waals surface area contributed by atoms with Crippen molar-refractivity contribution in [1.82, 2.24) is 19.6 Å². The predicted molar refractivity (Wildman–Crippen MR) is 113 cm³/mol. The molecule has 3 aromatic heterocycles. The number of aromatic nitrogens is 4. The van der Waals surface area contributed by atoms with Gasteiger partial charge in [0.15, 0.2) is 5.76 Å². The highest BCUT2D eigenvalue weighted by Crippen LogP contribution is 2.21. The number of nitrogens with zero attached hydrogens (tertiary/aromatic N) is 4. The van der Waals surface area contributed by atoms with E-state index < -0.39 is 0 Å². The molecule has 0 fully saturated rings. The largest absolute Gasteiger partial charge is 0.454 e. The summed E-state index contributed by atoms with van der Waals surface area (Å²) in [7, 11) is 0. The second kappa shape index (κ2) is 8.27. The number of furan rings is 1. The van der Waals surface area contributed by atoms with E-state index in [9.17, 15) is 9.18 Å². The Kier molecular flexibility index (Phi) is 5.54. The molecular weight excluding hydrogens is 453 g/mol. The van der Waals surface area contributed by atoms with Crippen molar-refractivity contribution in [3.63, 3.8) is 0 Å². The first-order valence-corrected chi connectivity index (χ1v) is 10.1. The van der Waals surface area contributed by atoms with Crippen LogP contribution in [0.4, 0.5) is 10.1 Å². The van der Waals surface area contributed by atoms with Gasteiger partial charge in [-0.3, -0.25) is 14.2 Å². The van der Waals surface area contributed by atoms with Crippen molar-refractivity contribution in [2.24, 2.45) is 0 Å². The smallest absolute Gasteiger partial charge is 0.291 e. The summed E-state index contributed by atoms with van der Waals surface area (Å²) < 4.78 is 23.8. The van der Waals surface area contributed by atoms with Crippen LogP contribution in [-0.2, 0) is 13.1 Å². The quantitative estimate of drug-likeness (QED) is 0.447. The van der Waals surface area contributed by atoms with Gasteiger partial charge in [-0.2, -0.15) is 10.2 Å². The Morgan fingerprint density at radius 3 is 2.73 bits per heavy atom. The maximum Gasteiger partial charge on any atom is 0.291 e. The molecule has 4 aromatic rings. The summed E-state index contributed by atoms with van der Waals surface area (Å²) in [5.74, 6) is 0.124. The SMILES string of the molecule is Cc1nn(Cc2ccc(C(=O)Nc3cnn(Cc4ccccc4F)c3)o2)c(C)c1Br. The first kappa shape index (κ1) is 20.1. The van der Waals surface area contributed by atoms with Crippen LogP contribution in [0.5, 0.6) is 0 Å². The van der Waals surface area contributed by atoms with Crippen LogP contribution in [0, 0.1) is 19.7 Å². The molecule has 0 unspecified atom stereocenters. The number of hydrogen-bond acceptors (Lipinski definition) is 4. The second-order valence-electron chi connectivity index (χ2n) is 6.88. The Balaban J connectivity index is 1.41. The van der Waals surface area contributed by atoms with Crippen LogP contribution in [0.15, 0.2) is 57.7 Å². The first-order valence-electron chi connectivity index (χ1n) is 9.26. The first-order chi connectivity index (χ1) is 14.4. The van der Waals surface area contributed by atoms with Crippen molar-refractivity contribution in [2.45, 2.75) is 26.9 Å². The van der Waals surface area contributed by atoms with Crippen LogP contribution >= 0.6 is 15.9 Å². The van der Waals surface area contributed by atoms with Gasteiger partial charge in [-0.25, -0.2) is 4.39 Å². The third-order valence-electron chi connectivity index (χ3n) is 4.67. The fraction of sp³-hybridized carbons (Fsp3) is 0.190. The van der Waals surface area contributed by atoms with Crippen LogP contribution in [0.3, 0.4) is 0 Å². The van der Waals surface area contributed by atoms with E-state index >= 15 is 0 Å². The van der Waals surface area contributed by atoms with Crippen molar-refractivity contribution >= 4 is 27.5 Å². The molecule has 0 atom stereocenters. The number of halogens is 2. The number of hydrogen-bond donors (Lipinski definition) is 1. The van der Waals surface area contributed by atoms with Gasteiger partial charge in [0.1, 0.15) is 11.6 Å². The second-order valence-corrected chi connectivity index (χ2v) is 7.67. The summed E-state index contributed by atoms with van der Waals surface area (Å²) in [5, 5.41) is 11.4. The average molecular weight is 472 g/mol. The minimum atomic E-state index is -0.388. The highest BCUT2D eigenvalue weighted by molar-refractivity contribution is 9.10. The average Bonchev–Trinajstić information content (AvgIpc) is 3.42. The van der Waals surface area contributed by atoms with E-state index in [1.54, 1.807) is 41.2 Å². The van der Waals surface area contributed by atoms with Crippen LogP contribution < -0.4 is 5.32 Å². The number of anilines is 1. The summed E-state index contributed by atoms with van der Waals surface area (Å²) >= 11 is 3.50. The number of carbonyl (C=O) groups is 1. The predicted octanol–water partition coefficient (Wildman–Crippen LogP) is 4.54. The van der Waals surface area contributed by atoms with Crippen LogP contribution in [0.25, 0.3) is 0 Å². The zero-order valence-corrected chi connectivity index (χ0v) is 18.0. The van der Waals surface area contributed by atoms with Gasteiger partial charge in [0.05, 0.1) is 40.8 Å². The topological polar surface area (TPSA) is 77.9 Å². The van der Waals surface area contributed by atoms with E-state index in [-0.39, 0.29) is 24.0 Å². The van der Waals surface area contributed by atoms with Gasteiger partial charge in [-0.05, 0) is 48.0 Å². The molecule has 1 N–H and O–H groups in total. The van der Waals surface area contributed by atoms with E-state index in [1.165, 1.54) is 12.3 Å². The third-order valence-corrected chi connectivity index (χ3v) is 5.81. The van der Waals surface area contributed by atoms with E-state index in [2.05, 4.69) is 31.4 Å². The molecule has 0 saturated carbocycles. The lowest BCUT2D eigenvalue weighted by atomic mass is 10.2. The molecule has 0 aliphatic rings. The monoisotopic (exact) mass is 471 g/mol. The lowest BCUT2D eigenvalue weighted by molar-refractivity contribution is 0.0994. The molecule has 0 saturated heterocycles. The van der Waals surface area contributed by atoms with E-state index in [4.69, 9.17) is 4.42 Å². The molecule has 9 heteroatoms. The fourth-order valence-corrected chi connectivity index (χ4v) is 3.35. The Morgan fingerprint density at radius 2 is 2.00 bits per heavy atom. The molecule has 7 nitrogen and oxygen atoms in total. The van der Waals surface area contributed by atoms with E-state index in [1.807, 2.05) is 18.5 Å². The Bertz CT molecular complexity index is 1210. The zero-order chi connectivity index (χ0) is 21.3. The van der Waals surface area contributed by atoms with E-state index in [0.717, 1.165) is 15.9 Å². The third kappa shape index (κ3) is 4.20. The van der Waals surface area contributed by atoms with Crippen molar-refractivity contribution in [1.29, 1.82) is 0 Å². The molecule has 30 heavy (non-hydrogen) atoms. The summed E-state index contributed by atoms with van der Waals surface area (Å²) in [6, 6.07) is 9.88. The maximum absolute atomic E-state index is 13.8. The van der Waals surface area contributed by atoms with Crippen molar-refractivity contribution in [3.8, 4) is 0 Å². The number of benzene rings is 1.